The molecule has 1 aromatic rings. The van der Waals surface area contributed by atoms with Gasteiger partial charge in [0.05, 0.1) is 18.2 Å². The standard InChI is InChI=1S/C14H19N3O2/c1-2-17(14(18)11-19-8-7-15)10-13-6-4-3-5-12(13)9-16/h3-6H,2,7-8,10-11,15H2,1H3. The van der Waals surface area contributed by atoms with Crippen LogP contribution in [0.4, 0.5) is 0 Å². The van der Waals surface area contributed by atoms with Crippen LogP contribution in [0, 0.1) is 11.3 Å². The molecule has 0 aromatic heterocycles. The average Bonchev–Trinajstić information content (AvgIpc) is 2.45. The Morgan fingerprint density at radius 1 is 1.47 bits per heavy atom. The molecule has 1 amide bonds. The van der Waals surface area contributed by atoms with Crippen LogP contribution < -0.4 is 5.73 Å². The van der Waals surface area contributed by atoms with Gasteiger partial charge in [-0.1, -0.05) is 18.2 Å². The van der Waals surface area contributed by atoms with Gasteiger partial charge >= 0.3 is 0 Å². The predicted molar refractivity (Wildman–Crippen MR) is 72.1 cm³/mol. The molecular formula is C14H19N3O2. The minimum atomic E-state index is -0.0938. The molecule has 5 nitrogen and oxygen atoms in total. The van der Waals surface area contributed by atoms with Crippen molar-refractivity contribution in [3.8, 4) is 6.07 Å². The van der Waals surface area contributed by atoms with E-state index in [9.17, 15) is 4.79 Å². The molecule has 1 aromatic carbocycles. The maximum absolute atomic E-state index is 11.9. The number of carbonyl (C=O) groups excluding carboxylic acids is 1. The van der Waals surface area contributed by atoms with Crippen LogP contribution in [0.3, 0.4) is 0 Å². The molecule has 0 saturated carbocycles. The van der Waals surface area contributed by atoms with Gasteiger partial charge in [-0.2, -0.15) is 5.26 Å². The molecule has 19 heavy (non-hydrogen) atoms. The van der Waals surface area contributed by atoms with E-state index in [1.165, 1.54) is 0 Å². The van der Waals surface area contributed by atoms with Gasteiger partial charge in [0.1, 0.15) is 6.61 Å². The molecule has 2 N–H and O–H groups in total. The summed E-state index contributed by atoms with van der Waals surface area (Å²) in [5.41, 5.74) is 6.74. The van der Waals surface area contributed by atoms with Crippen LogP contribution in [0.2, 0.25) is 0 Å². The zero-order valence-electron chi connectivity index (χ0n) is 11.1. The summed E-state index contributed by atoms with van der Waals surface area (Å²) in [6.45, 7) is 3.69. The van der Waals surface area contributed by atoms with E-state index < -0.39 is 0 Å². The number of benzene rings is 1. The number of hydrogen-bond donors (Lipinski definition) is 1. The number of nitrogens with two attached hydrogens (primary N) is 1. The summed E-state index contributed by atoms with van der Waals surface area (Å²) < 4.78 is 5.14. The number of amides is 1. The van der Waals surface area contributed by atoms with E-state index >= 15 is 0 Å². The SMILES string of the molecule is CCN(Cc1ccccc1C#N)C(=O)COCCN. The molecular weight excluding hydrogens is 242 g/mol. The second-order valence-corrected chi connectivity index (χ2v) is 4.02. The number of nitriles is 1. The molecule has 5 heteroatoms. The first-order valence-corrected chi connectivity index (χ1v) is 6.26. The fourth-order valence-corrected chi connectivity index (χ4v) is 1.68. The van der Waals surface area contributed by atoms with E-state index in [1.54, 1.807) is 11.0 Å². The summed E-state index contributed by atoms with van der Waals surface area (Å²) >= 11 is 0. The Hall–Kier alpha value is -1.90. The van der Waals surface area contributed by atoms with Gasteiger partial charge in [0.15, 0.2) is 0 Å². The minimum absolute atomic E-state index is 0.0275. The highest BCUT2D eigenvalue weighted by Crippen LogP contribution is 2.10. The lowest BCUT2D eigenvalue weighted by atomic mass is 10.1. The van der Waals surface area contributed by atoms with Gasteiger partial charge in [-0.15, -0.1) is 0 Å². The molecule has 0 bridgehead atoms. The van der Waals surface area contributed by atoms with Crippen LogP contribution in [-0.2, 0) is 16.1 Å². The third kappa shape index (κ3) is 4.70. The van der Waals surface area contributed by atoms with Gasteiger partial charge in [0.2, 0.25) is 5.91 Å². The summed E-state index contributed by atoms with van der Waals surface area (Å²) in [7, 11) is 0. The van der Waals surface area contributed by atoms with Crippen LogP contribution >= 0.6 is 0 Å². The first-order valence-electron chi connectivity index (χ1n) is 6.26. The van der Waals surface area contributed by atoms with Crippen molar-refractivity contribution in [1.29, 1.82) is 5.26 Å². The largest absolute Gasteiger partial charge is 0.370 e. The topological polar surface area (TPSA) is 79.3 Å². The molecule has 0 fully saturated rings. The summed E-state index contributed by atoms with van der Waals surface area (Å²) in [4.78, 5) is 13.6. The molecule has 102 valence electrons. The second-order valence-electron chi connectivity index (χ2n) is 4.02. The molecule has 0 unspecified atom stereocenters. The number of nitrogens with zero attached hydrogens (tertiary/aromatic N) is 2. The second kappa shape index (κ2) is 8.25. The third-order valence-corrected chi connectivity index (χ3v) is 2.72. The first-order chi connectivity index (χ1) is 9.22. The van der Waals surface area contributed by atoms with Crippen molar-refractivity contribution in [2.45, 2.75) is 13.5 Å². The first kappa shape index (κ1) is 15.2. The van der Waals surface area contributed by atoms with Crippen LogP contribution in [0.15, 0.2) is 24.3 Å². The van der Waals surface area contributed by atoms with Crippen molar-refractivity contribution in [3.05, 3.63) is 35.4 Å². The number of likely N-dealkylation sites (N-methyl/N-ethyl adjacent to an activating group) is 1. The lowest BCUT2D eigenvalue weighted by Crippen LogP contribution is -2.34. The highest BCUT2D eigenvalue weighted by molar-refractivity contribution is 5.77. The van der Waals surface area contributed by atoms with Gasteiger partial charge in [0, 0.05) is 19.6 Å². The third-order valence-electron chi connectivity index (χ3n) is 2.72. The minimum Gasteiger partial charge on any atom is -0.370 e. The van der Waals surface area contributed by atoms with Gasteiger partial charge in [-0.3, -0.25) is 4.79 Å². The van der Waals surface area contributed by atoms with Crippen molar-refractivity contribution in [2.24, 2.45) is 5.73 Å². The number of ether oxygens (including phenoxy) is 1. The summed E-state index contributed by atoms with van der Waals surface area (Å²) in [5, 5.41) is 9.02. The van der Waals surface area contributed by atoms with Crippen molar-refractivity contribution < 1.29 is 9.53 Å². The van der Waals surface area contributed by atoms with Gasteiger partial charge < -0.3 is 15.4 Å². The van der Waals surface area contributed by atoms with E-state index in [4.69, 9.17) is 15.7 Å². The highest BCUT2D eigenvalue weighted by Gasteiger charge is 2.13. The van der Waals surface area contributed by atoms with Crippen molar-refractivity contribution in [1.82, 2.24) is 4.90 Å². The monoisotopic (exact) mass is 261 g/mol. The summed E-state index contributed by atoms with van der Waals surface area (Å²) in [6, 6.07) is 9.41. The number of hydrogen-bond acceptors (Lipinski definition) is 4. The highest BCUT2D eigenvalue weighted by atomic mass is 16.5. The lowest BCUT2D eigenvalue weighted by molar-refractivity contribution is -0.136. The normalized spacial score (nSPS) is 9.95. The molecule has 0 atom stereocenters. The Kier molecular flexibility index (Phi) is 6.58. The zero-order chi connectivity index (χ0) is 14.1. The Morgan fingerprint density at radius 3 is 2.84 bits per heavy atom. The molecule has 1 rings (SSSR count). The average molecular weight is 261 g/mol. The summed E-state index contributed by atoms with van der Waals surface area (Å²) in [5.74, 6) is -0.0938. The summed E-state index contributed by atoms with van der Waals surface area (Å²) in [6.07, 6.45) is 0. The van der Waals surface area contributed by atoms with Crippen LogP contribution in [0.1, 0.15) is 18.1 Å². The van der Waals surface area contributed by atoms with E-state index in [1.807, 2.05) is 25.1 Å². The number of carbonyl (C=O) groups is 1. The Morgan fingerprint density at radius 2 is 2.21 bits per heavy atom. The Balaban J connectivity index is 2.66. The molecule has 0 heterocycles. The van der Waals surface area contributed by atoms with Crippen LogP contribution in [0.25, 0.3) is 0 Å². The lowest BCUT2D eigenvalue weighted by Gasteiger charge is -2.21. The maximum Gasteiger partial charge on any atom is 0.248 e. The van der Waals surface area contributed by atoms with E-state index in [0.29, 0.717) is 31.8 Å². The zero-order valence-corrected chi connectivity index (χ0v) is 11.1. The smallest absolute Gasteiger partial charge is 0.248 e. The predicted octanol–water partition coefficient (Wildman–Crippen LogP) is 0.882. The van der Waals surface area contributed by atoms with E-state index in [0.717, 1.165) is 5.56 Å². The fourth-order valence-electron chi connectivity index (χ4n) is 1.68. The van der Waals surface area contributed by atoms with Crippen LogP contribution in [0.5, 0.6) is 0 Å². The molecule has 0 saturated heterocycles. The maximum atomic E-state index is 11.9. The fraction of sp³-hybridized carbons (Fsp3) is 0.429. The van der Waals surface area contributed by atoms with Gasteiger partial charge in [-0.25, -0.2) is 0 Å². The number of rotatable bonds is 7. The molecule has 0 aliphatic rings. The van der Waals surface area contributed by atoms with E-state index in [-0.39, 0.29) is 12.5 Å². The van der Waals surface area contributed by atoms with Crippen molar-refractivity contribution >= 4 is 5.91 Å². The van der Waals surface area contributed by atoms with Crippen molar-refractivity contribution in [2.75, 3.05) is 26.3 Å². The Labute approximate surface area is 113 Å². The molecule has 0 radical (unpaired) electrons. The van der Waals surface area contributed by atoms with Crippen molar-refractivity contribution in [3.63, 3.8) is 0 Å². The quantitative estimate of drug-likeness (QED) is 0.739. The van der Waals surface area contributed by atoms with Gasteiger partial charge in [0.25, 0.3) is 0 Å². The Bertz CT molecular complexity index is 454. The molecule has 0 spiro atoms. The van der Waals surface area contributed by atoms with E-state index in [2.05, 4.69) is 6.07 Å². The molecule has 0 aliphatic carbocycles. The van der Waals surface area contributed by atoms with Gasteiger partial charge in [-0.05, 0) is 18.6 Å². The van der Waals surface area contributed by atoms with Crippen LogP contribution in [-0.4, -0.2) is 37.1 Å². The molecule has 0 aliphatic heterocycles.